The first-order valence-corrected chi connectivity index (χ1v) is 11.0. The fraction of sp³-hybridized carbons (Fsp3) is 0.292. The molecule has 1 heterocycles. The Hall–Kier alpha value is -3.50. The van der Waals surface area contributed by atoms with Crippen molar-refractivity contribution in [3.63, 3.8) is 0 Å². The minimum absolute atomic E-state index is 0.0821. The molecule has 1 fully saturated rings. The van der Waals surface area contributed by atoms with Crippen LogP contribution in [-0.2, 0) is 6.54 Å². The normalized spacial score (nSPS) is 18.0. The van der Waals surface area contributed by atoms with Gasteiger partial charge in [0, 0.05) is 28.9 Å². The minimum atomic E-state index is -0.243. The molecule has 7 nitrogen and oxygen atoms in total. The van der Waals surface area contributed by atoms with Crippen LogP contribution < -0.4 is 10.6 Å². The molecule has 3 aromatic rings. The summed E-state index contributed by atoms with van der Waals surface area (Å²) in [5.74, 6) is 0.539. The molecule has 0 aliphatic heterocycles. The third-order valence-electron chi connectivity index (χ3n) is 5.79. The van der Waals surface area contributed by atoms with Crippen LogP contribution in [0.25, 0.3) is 11.3 Å². The van der Waals surface area contributed by atoms with Gasteiger partial charge in [0.15, 0.2) is 0 Å². The number of benzene rings is 2. The highest BCUT2D eigenvalue weighted by molar-refractivity contribution is 6.30. The first-order valence-electron chi connectivity index (χ1n) is 10.6. The van der Waals surface area contributed by atoms with Crippen molar-refractivity contribution in [3.8, 4) is 23.1 Å². The molecule has 0 bridgehead atoms. The van der Waals surface area contributed by atoms with Gasteiger partial charge in [-0.3, -0.25) is 0 Å². The van der Waals surface area contributed by atoms with Gasteiger partial charge in [-0.2, -0.15) is 5.26 Å². The number of nitriles is 1. The molecule has 0 spiro atoms. The Morgan fingerprint density at radius 3 is 2.84 bits per heavy atom. The number of phenolic OH excluding ortho intramolecular Hbond substituents is 1. The summed E-state index contributed by atoms with van der Waals surface area (Å²) < 4.78 is 2.04. The van der Waals surface area contributed by atoms with E-state index >= 15 is 0 Å². The second-order valence-electron chi connectivity index (χ2n) is 8.11. The Labute approximate surface area is 191 Å². The molecule has 1 aromatic heterocycles. The number of aromatic hydroxyl groups is 1. The molecule has 2 atom stereocenters. The van der Waals surface area contributed by atoms with Gasteiger partial charge in [-0.15, -0.1) is 0 Å². The van der Waals surface area contributed by atoms with Crippen LogP contribution in [0.4, 0.5) is 10.5 Å². The summed E-state index contributed by atoms with van der Waals surface area (Å²) in [4.78, 5) is 16.7. The molecule has 2 unspecified atom stereocenters. The van der Waals surface area contributed by atoms with E-state index in [4.69, 9.17) is 16.9 Å². The smallest absolute Gasteiger partial charge is 0.319 e. The molecule has 8 heteroatoms. The molecule has 164 valence electrons. The molecule has 0 radical (unpaired) electrons. The lowest BCUT2D eigenvalue weighted by Crippen LogP contribution is -2.41. The van der Waals surface area contributed by atoms with E-state index in [1.165, 1.54) is 0 Å². The van der Waals surface area contributed by atoms with Crippen LogP contribution in [0.5, 0.6) is 5.75 Å². The van der Waals surface area contributed by atoms with Gasteiger partial charge in [-0.25, -0.2) is 9.78 Å². The van der Waals surface area contributed by atoms with Crippen molar-refractivity contribution in [2.75, 3.05) is 5.32 Å². The lowest BCUT2D eigenvalue weighted by molar-refractivity contribution is 0.231. The Balaban J connectivity index is 1.37. The predicted octanol–water partition coefficient (Wildman–Crippen LogP) is 5.16. The lowest BCUT2D eigenvalue weighted by atomic mass is 9.85. The summed E-state index contributed by atoms with van der Waals surface area (Å²) in [6.07, 6.45) is 7.38. The van der Waals surface area contributed by atoms with Gasteiger partial charge in [-0.05, 0) is 67.6 Å². The monoisotopic (exact) mass is 449 g/mol. The summed E-state index contributed by atoms with van der Waals surface area (Å²) in [7, 11) is 0. The van der Waals surface area contributed by atoms with Crippen LogP contribution in [0.1, 0.15) is 31.2 Å². The van der Waals surface area contributed by atoms with Crippen LogP contribution in [0.3, 0.4) is 0 Å². The molecule has 1 saturated carbocycles. The van der Waals surface area contributed by atoms with Gasteiger partial charge in [0.05, 0.1) is 29.9 Å². The van der Waals surface area contributed by atoms with Crippen LogP contribution in [0, 0.1) is 17.2 Å². The highest BCUT2D eigenvalue weighted by Crippen LogP contribution is 2.33. The van der Waals surface area contributed by atoms with Crippen molar-refractivity contribution in [3.05, 3.63) is 65.6 Å². The highest BCUT2D eigenvalue weighted by atomic mass is 35.5. The number of nitrogens with zero attached hydrogens (tertiary/aromatic N) is 3. The first-order chi connectivity index (χ1) is 15.5. The number of halogens is 1. The summed E-state index contributed by atoms with van der Waals surface area (Å²) in [5, 5.41) is 25.6. The van der Waals surface area contributed by atoms with E-state index in [2.05, 4.69) is 21.7 Å². The number of aromatic nitrogens is 2. The standard InChI is InChI=1S/C24H24ClN5O2/c25-18-6-9-23(31)21(11-18)22-13-27-15-30(22)14-17-2-1-3-20(10-17)29-24(32)28-19-7-4-16(12-26)5-8-19/h4-9,11,13,15,17,20,31H,1-3,10,14H2,(H2,28,29,32). The van der Waals surface area contributed by atoms with E-state index in [1.807, 2.05) is 4.57 Å². The Bertz CT molecular complexity index is 1140. The third-order valence-corrected chi connectivity index (χ3v) is 6.03. The van der Waals surface area contributed by atoms with Gasteiger partial charge in [0.2, 0.25) is 0 Å². The fourth-order valence-corrected chi connectivity index (χ4v) is 4.42. The maximum atomic E-state index is 12.4. The highest BCUT2D eigenvalue weighted by Gasteiger charge is 2.24. The van der Waals surface area contributed by atoms with Crippen molar-refractivity contribution < 1.29 is 9.90 Å². The zero-order valence-electron chi connectivity index (χ0n) is 17.5. The maximum absolute atomic E-state index is 12.4. The Kier molecular flexibility index (Phi) is 6.62. The van der Waals surface area contributed by atoms with Crippen LogP contribution in [0.15, 0.2) is 55.0 Å². The SMILES string of the molecule is N#Cc1ccc(NC(=O)NC2CCCC(Cn3cncc3-c3cc(Cl)ccc3O)C2)cc1. The summed E-state index contributed by atoms with van der Waals surface area (Å²) >= 11 is 6.12. The van der Waals surface area contributed by atoms with E-state index in [0.29, 0.717) is 27.8 Å². The molecule has 2 aromatic carbocycles. The molecule has 3 N–H and O–H groups in total. The Morgan fingerprint density at radius 2 is 2.06 bits per heavy atom. The average Bonchev–Trinajstić information content (AvgIpc) is 3.24. The van der Waals surface area contributed by atoms with E-state index in [-0.39, 0.29) is 17.8 Å². The number of anilines is 1. The summed E-state index contributed by atoms with van der Waals surface area (Å²) in [6, 6.07) is 13.7. The van der Waals surface area contributed by atoms with Crippen LogP contribution in [0.2, 0.25) is 5.02 Å². The summed E-state index contributed by atoms with van der Waals surface area (Å²) in [5.41, 5.74) is 2.68. The average molecular weight is 450 g/mol. The molecule has 32 heavy (non-hydrogen) atoms. The number of phenols is 1. The molecular weight excluding hydrogens is 426 g/mol. The van der Waals surface area contributed by atoms with Gasteiger partial charge < -0.3 is 20.3 Å². The van der Waals surface area contributed by atoms with Crippen molar-refractivity contribution >= 4 is 23.3 Å². The van der Waals surface area contributed by atoms with Crippen LogP contribution >= 0.6 is 11.6 Å². The Morgan fingerprint density at radius 1 is 1.25 bits per heavy atom. The lowest BCUT2D eigenvalue weighted by Gasteiger charge is -2.30. The summed E-state index contributed by atoms with van der Waals surface area (Å²) in [6.45, 7) is 0.747. The van der Waals surface area contributed by atoms with Gasteiger partial charge in [-0.1, -0.05) is 18.0 Å². The molecule has 4 rings (SSSR count). The number of rotatable bonds is 5. The quantitative estimate of drug-likeness (QED) is 0.500. The fourth-order valence-electron chi connectivity index (χ4n) is 4.25. The van der Waals surface area contributed by atoms with Crippen LogP contribution in [-0.4, -0.2) is 26.7 Å². The number of hydrogen-bond donors (Lipinski definition) is 3. The van der Waals surface area contributed by atoms with E-state index < -0.39 is 0 Å². The number of carbonyl (C=O) groups is 1. The second kappa shape index (κ2) is 9.75. The molecular formula is C24H24ClN5O2. The van der Waals surface area contributed by atoms with Crippen molar-refractivity contribution in [1.29, 1.82) is 5.26 Å². The molecule has 1 aliphatic rings. The molecule has 1 aliphatic carbocycles. The molecule has 0 saturated heterocycles. The largest absolute Gasteiger partial charge is 0.507 e. The number of carbonyl (C=O) groups excluding carboxylic acids is 1. The first kappa shape index (κ1) is 21.7. The topological polar surface area (TPSA) is 103 Å². The van der Waals surface area contributed by atoms with E-state index in [1.54, 1.807) is 55.0 Å². The number of amides is 2. The minimum Gasteiger partial charge on any atom is -0.507 e. The number of imidazole rings is 1. The number of hydrogen-bond acceptors (Lipinski definition) is 4. The van der Waals surface area contributed by atoms with E-state index in [0.717, 1.165) is 37.9 Å². The van der Waals surface area contributed by atoms with Crippen molar-refractivity contribution in [2.45, 2.75) is 38.3 Å². The second-order valence-corrected chi connectivity index (χ2v) is 8.55. The molecule has 2 amide bonds. The number of nitrogens with one attached hydrogen (secondary N) is 2. The van der Waals surface area contributed by atoms with Gasteiger partial charge in [0.25, 0.3) is 0 Å². The maximum Gasteiger partial charge on any atom is 0.319 e. The van der Waals surface area contributed by atoms with Crippen molar-refractivity contribution in [1.82, 2.24) is 14.9 Å². The third kappa shape index (κ3) is 5.21. The number of urea groups is 1. The zero-order chi connectivity index (χ0) is 22.5. The van der Waals surface area contributed by atoms with Gasteiger partial charge >= 0.3 is 6.03 Å². The van der Waals surface area contributed by atoms with Gasteiger partial charge in [0.1, 0.15) is 5.75 Å². The predicted molar refractivity (Wildman–Crippen MR) is 123 cm³/mol. The van der Waals surface area contributed by atoms with E-state index in [9.17, 15) is 9.90 Å². The zero-order valence-corrected chi connectivity index (χ0v) is 18.2. The van der Waals surface area contributed by atoms with Crippen molar-refractivity contribution in [2.24, 2.45) is 5.92 Å².